The van der Waals surface area contributed by atoms with Gasteiger partial charge in [0.1, 0.15) is 5.82 Å². The number of nitrogens with two attached hydrogens (primary N) is 1. The van der Waals surface area contributed by atoms with E-state index in [4.69, 9.17) is 17.3 Å². The normalized spacial score (nSPS) is 11.1. The summed E-state index contributed by atoms with van der Waals surface area (Å²) in [6.07, 6.45) is 0. The number of imidazole rings is 1. The lowest BCUT2D eigenvalue weighted by Crippen LogP contribution is -1.96. The average Bonchev–Trinajstić information content (AvgIpc) is 2.85. The third-order valence-electron chi connectivity index (χ3n) is 3.01. The minimum Gasteiger partial charge on any atom is -0.338 e. The molecule has 96 valence electrons. The molecule has 0 aliphatic rings. The Morgan fingerprint density at radius 2 is 2.11 bits per heavy atom. The van der Waals surface area contributed by atoms with Gasteiger partial charge in [0.15, 0.2) is 0 Å². The number of rotatable bonds is 2. The Bertz CT molecular complexity index is 752. The van der Waals surface area contributed by atoms with Crippen LogP contribution in [0.2, 0.25) is 5.02 Å². The fraction of sp³-hybridized carbons (Fsp3) is 0.0714. The summed E-state index contributed by atoms with van der Waals surface area (Å²) in [4.78, 5) is 7.93. The monoisotopic (exact) mass is 335 g/mol. The molecule has 0 bridgehead atoms. The van der Waals surface area contributed by atoms with Crippen molar-refractivity contribution in [3.8, 4) is 11.4 Å². The molecule has 0 atom stereocenters. The molecule has 0 fully saturated rings. The van der Waals surface area contributed by atoms with Crippen LogP contribution >= 0.6 is 27.5 Å². The molecule has 1 aromatic heterocycles. The zero-order valence-electron chi connectivity index (χ0n) is 9.95. The summed E-state index contributed by atoms with van der Waals surface area (Å²) in [7, 11) is 0. The molecule has 0 unspecified atom stereocenters. The smallest absolute Gasteiger partial charge is 0.138 e. The molecule has 19 heavy (non-hydrogen) atoms. The van der Waals surface area contributed by atoms with Crippen LogP contribution in [0.1, 0.15) is 5.56 Å². The van der Waals surface area contributed by atoms with Crippen molar-refractivity contribution in [3.05, 3.63) is 51.5 Å². The van der Waals surface area contributed by atoms with Crippen LogP contribution < -0.4 is 5.73 Å². The van der Waals surface area contributed by atoms with Gasteiger partial charge in [-0.15, -0.1) is 0 Å². The number of benzene rings is 2. The Morgan fingerprint density at radius 3 is 2.84 bits per heavy atom. The lowest BCUT2D eigenvalue weighted by atomic mass is 10.2. The molecule has 0 amide bonds. The molecule has 0 radical (unpaired) electrons. The number of hydrogen-bond acceptors (Lipinski definition) is 2. The van der Waals surface area contributed by atoms with Crippen LogP contribution in [-0.2, 0) is 6.54 Å². The van der Waals surface area contributed by atoms with Crippen LogP contribution in [0.15, 0.2) is 40.9 Å². The van der Waals surface area contributed by atoms with Gasteiger partial charge in [-0.3, -0.25) is 0 Å². The highest BCUT2D eigenvalue weighted by Gasteiger charge is 2.09. The molecule has 0 saturated carbocycles. The molecule has 3 rings (SSSR count). The van der Waals surface area contributed by atoms with Crippen molar-refractivity contribution < 1.29 is 0 Å². The maximum atomic E-state index is 6.00. The van der Waals surface area contributed by atoms with Crippen molar-refractivity contribution in [2.45, 2.75) is 6.54 Å². The van der Waals surface area contributed by atoms with E-state index in [2.05, 4.69) is 25.9 Å². The summed E-state index contributed by atoms with van der Waals surface area (Å²) >= 11 is 9.42. The summed E-state index contributed by atoms with van der Waals surface area (Å²) in [6.45, 7) is 0.478. The van der Waals surface area contributed by atoms with Crippen LogP contribution in [0.5, 0.6) is 0 Å². The standard InChI is InChI=1S/C14H11BrClN3/c15-10-6-8(4-5-11(10)16)14-18-12-3-1-2-9(7-17)13(12)19-14/h1-6H,7,17H2,(H,18,19). The van der Waals surface area contributed by atoms with Gasteiger partial charge in [0, 0.05) is 16.6 Å². The van der Waals surface area contributed by atoms with Crippen LogP contribution in [0.3, 0.4) is 0 Å². The molecule has 0 aliphatic heterocycles. The highest BCUT2D eigenvalue weighted by molar-refractivity contribution is 9.10. The first-order valence-electron chi connectivity index (χ1n) is 5.82. The summed E-state index contributed by atoms with van der Waals surface area (Å²) in [6, 6.07) is 11.7. The fourth-order valence-corrected chi connectivity index (χ4v) is 2.53. The number of fused-ring (bicyclic) bond motifs is 1. The number of aromatic amines is 1. The third-order valence-corrected chi connectivity index (χ3v) is 4.22. The van der Waals surface area contributed by atoms with Crippen molar-refractivity contribution in [1.29, 1.82) is 0 Å². The lowest BCUT2D eigenvalue weighted by molar-refractivity contribution is 1.08. The molecular weight excluding hydrogens is 326 g/mol. The molecule has 3 N–H and O–H groups in total. The van der Waals surface area contributed by atoms with Crippen molar-refractivity contribution in [2.75, 3.05) is 0 Å². The number of H-pyrrole nitrogens is 1. The van der Waals surface area contributed by atoms with Crippen LogP contribution in [0, 0.1) is 0 Å². The number of nitrogens with zero attached hydrogens (tertiary/aromatic N) is 1. The van der Waals surface area contributed by atoms with Gasteiger partial charge in [0.25, 0.3) is 0 Å². The predicted octanol–water partition coefficient (Wildman–Crippen LogP) is 4.10. The van der Waals surface area contributed by atoms with Gasteiger partial charge in [-0.25, -0.2) is 4.98 Å². The van der Waals surface area contributed by atoms with Crippen molar-refractivity contribution in [1.82, 2.24) is 9.97 Å². The largest absolute Gasteiger partial charge is 0.338 e. The van der Waals surface area contributed by atoms with E-state index < -0.39 is 0 Å². The zero-order valence-corrected chi connectivity index (χ0v) is 12.3. The number of hydrogen-bond donors (Lipinski definition) is 2. The Balaban J connectivity index is 2.17. The summed E-state index contributed by atoms with van der Waals surface area (Å²) in [5.74, 6) is 0.813. The second kappa shape index (κ2) is 4.96. The van der Waals surface area contributed by atoms with Gasteiger partial charge in [-0.05, 0) is 45.8 Å². The van der Waals surface area contributed by atoms with E-state index in [1.807, 2.05) is 36.4 Å². The predicted molar refractivity (Wildman–Crippen MR) is 82.1 cm³/mol. The number of aromatic nitrogens is 2. The Morgan fingerprint density at radius 1 is 1.26 bits per heavy atom. The SMILES string of the molecule is NCc1cccc2[nH]c(-c3ccc(Cl)c(Br)c3)nc12. The van der Waals surface area contributed by atoms with E-state index in [0.717, 1.165) is 32.5 Å². The minimum absolute atomic E-state index is 0.478. The van der Waals surface area contributed by atoms with Crippen LogP contribution in [-0.4, -0.2) is 9.97 Å². The van der Waals surface area contributed by atoms with E-state index >= 15 is 0 Å². The summed E-state index contributed by atoms with van der Waals surface area (Å²) in [5, 5.41) is 0.683. The molecule has 0 spiro atoms. The summed E-state index contributed by atoms with van der Waals surface area (Å²) in [5.41, 5.74) is 9.66. The first-order valence-corrected chi connectivity index (χ1v) is 6.99. The van der Waals surface area contributed by atoms with Gasteiger partial charge in [-0.2, -0.15) is 0 Å². The van der Waals surface area contributed by atoms with Gasteiger partial charge in [0.2, 0.25) is 0 Å². The molecule has 0 saturated heterocycles. The van der Waals surface area contributed by atoms with Crippen LogP contribution in [0.25, 0.3) is 22.4 Å². The topological polar surface area (TPSA) is 54.7 Å². The highest BCUT2D eigenvalue weighted by Crippen LogP contribution is 2.29. The first kappa shape index (κ1) is 12.7. The Labute approximate surface area is 123 Å². The molecule has 3 aromatic rings. The van der Waals surface area contributed by atoms with E-state index in [9.17, 15) is 0 Å². The minimum atomic E-state index is 0.478. The molecular formula is C14H11BrClN3. The van der Waals surface area contributed by atoms with E-state index in [0.29, 0.717) is 11.6 Å². The van der Waals surface area contributed by atoms with Crippen LogP contribution in [0.4, 0.5) is 0 Å². The zero-order chi connectivity index (χ0) is 13.4. The van der Waals surface area contributed by atoms with Gasteiger partial charge in [0.05, 0.1) is 16.1 Å². The van der Waals surface area contributed by atoms with Gasteiger partial charge >= 0.3 is 0 Å². The average molecular weight is 337 g/mol. The van der Waals surface area contributed by atoms with Crippen molar-refractivity contribution >= 4 is 38.6 Å². The molecule has 5 heteroatoms. The van der Waals surface area contributed by atoms with E-state index in [1.165, 1.54) is 0 Å². The highest BCUT2D eigenvalue weighted by atomic mass is 79.9. The Hall–Kier alpha value is -1.36. The van der Waals surface area contributed by atoms with E-state index in [1.54, 1.807) is 0 Å². The van der Waals surface area contributed by atoms with Crippen molar-refractivity contribution in [3.63, 3.8) is 0 Å². The molecule has 3 nitrogen and oxygen atoms in total. The third kappa shape index (κ3) is 2.27. The maximum Gasteiger partial charge on any atom is 0.138 e. The van der Waals surface area contributed by atoms with Crippen molar-refractivity contribution in [2.24, 2.45) is 5.73 Å². The molecule has 2 aromatic carbocycles. The maximum absolute atomic E-state index is 6.00. The second-order valence-electron chi connectivity index (χ2n) is 4.23. The molecule has 1 heterocycles. The van der Waals surface area contributed by atoms with Gasteiger partial charge < -0.3 is 10.7 Å². The second-order valence-corrected chi connectivity index (χ2v) is 5.49. The molecule has 0 aliphatic carbocycles. The van der Waals surface area contributed by atoms with E-state index in [-0.39, 0.29) is 0 Å². The Kier molecular flexibility index (Phi) is 3.31. The number of nitrogens with one attached hydrogen (secondary N) is 1. The number of halogens is 2. The summed E-state index contributed by atoms with van der Waals surface area (Å²) < 4.78 is 0.853. The quantitative estimate of drug-likeness (QED) is 0.740. The lowest BCUT2D eigenvalue weighted by Gasteiger charge is -1.99. The number of para-hydroxylation sites is 1. The fourth-order valence-electron chi connectivity index (χ4n) is 2.04. The first-order chi connectivity index (χ1) is 9.19. The van der Waals surface area contributed by atoms with Gasteiger partial charge in [-0.1, -0.05) is 23.7 Å².